The number of Topliss-reactive ketones (excluding diaryl/α,β-unsaturated/α-hetero) is 1. The Hall–Kier alpha value is -0.860. The van der Waals surface area contributed by atoms with Crippen molar-refractivity contribution < 1.29 is 9.59 Å². The van der Waals surface area contributed by atoms with Crippen LogP contribution in [-0.2, 0) is 9.59 Å². The summed E-state index contributed by atoms with van der Waals surface area (Å²) in [4.78, 5) is 24.7. The molecule has 0 aromatic heterocycles. The number of carbonyl (C=O) groups excluding carboxylic acids is 2. The van der Waals surface area contributed by atoms with Crippen LogP contribution in [0.5, 0.6) is 0 Å². The second-order valence-corrected chi connectivity index (χ2v) is 7.02. The third kappa shape index (κ3) is 9.97. The number of amides is 1. The molecule has 3 heteroatoms. The lowest BCUT2D eigenvalue weighted by atomic mass is 9.96. The minimum atomic E-state index is -0.282. The molecule has 0 aliphatic rings. The summed E-state index contributed by atoms with van der Waals surface area (Å²) in [6.45, 7) is 10.4. The standard InChI is InChI=1S/C19H37NO2/c1-6-8-10-12-16(5)19(22)20-17(13-11-9-7-2)18(21)14-15(3)4/h15-17H,6-14H2,1-5H3,(H,20,22). The van der Waals surface area contributed by atoms with Gasteiger partial charge in [0.25, 0.3) is 0 Å². The van der Waals surface area contributed by atoms with Crippen molar-refractivity contribution in [2.45, 2.75) is 98.4 Å². The molecule has 0 aliphatic heterocycles. The molecule has 130 valence electrons. The van der Waals surface area contributed by atoms with Gasteiger partial charge in [-0.1, -0.05) is 73.1 Å². The van der Waals surface area contributed by atoms with E-state index < -0.39 is 0 Å². The molecule has 0 saturated carbocycles. The lowest BCUT2D eigenvalue weighted by molar-refractivity contribution is -0.130. The van der Waals surface area contributed by atoms with Gasteiger partial charge in [-0.3, -0.25) is 9.59 Å². The maximum Gasteiger partial charge on any atom is 0.223 e. The highest BCUT2D eigenvalue weighted by Crippen LogP contribution is 2.13. The highest BCUT2D eigenvalue weighted by atomic mass is 16.2. The summed E-state index contributed by atoms with van der Waals surface area (Å²) in [7, 11) is 0. The van der Waals surface area contributed by atoms with E-state index in [1.807, 2.05) is 6.92 Å². The number of unbranched alkanes of at least 4 members (excludes halogenated alkanes) is 4. The second-order valence-electron chi connectivity index (χ2n) is 7.02. The molecular formula is C19H37NO2. The van der Waals surface area contributed by atoms with Gasteiger partial charge < -0.3 is 5.32 Å². The third-order valence-electron chi connectivity index (χ3n) is 4.10. The molecule has 2 atom stereocenters. The van der Waals surface area contributed by atoms with Crippen molar-refractivity contribution in [1.29, 1.82) is 0 Å². The molecule has 0 bridgehead atoms. The molecule has 0 radical (unpaired) electrons. The van der Waals surface area contributed by atoms with Crippen LogP contribution in [0.25, 0.3) is 0 Å². The first-order valence-electron chi connectivity index (χ1n) is 9.25. The maximum atomic E-state index is 12.4. The van der Waals surface area contributed by atoms with Gasteiger partial charge in [0.05, 0.1) is 6.04 Å². The smallest absolute Gasteiger partial charge is 0.223 e. The summed E-state index contributed by atoms with van der Waals surface area (Å²) in [6.07, 6.45) is 8.94. The van der Waals surface area contributed by atoms with E-state index in [1.165, 1.54) is 12.8 Å². The van der Waals surface area contributed by atoms with E-state index in [2.05, 4.69) is 33.0 Å². The van der Waals surface area contributed by atoms with Crippen LogP contribution in [0, 0.1) is 11.8 Å². The average Bonchev–Trinajstić information content (AvgIpc) is 2.45. The Kier molecular flexibility index (Phi) is 12.2. The number of hydrogen-bond acceptors (Lipinski definition) is 2. The molecule has 0 aliphatic carbocycles. The molecule has 0 aromatic rings. The van der Waals surface area contributed by atoms with Crippen LogP contribution < -0.4 is 5.32 Å². The zero-order valence-electron chi connectivity index (χ0n) is 15.4. The lowest BCUT2D eigenvalue weighted by Gasteiger charge is -2.21. The quantitative estimate of drug-likeness (QED) is 0.493. The molecule has 0 fully saturated rings. The number of ketones is 1. The molecule has 2 unspecified atom stereocenters. The number of hydrogen-bond donors (Lipinski definition) is 1. The predicted octanol–water partition coefficient (Wildman–Crippen LogP) is 4.88. The molecule has 3 nitrogen and oxygen atoms in total. The van der Waals surface area contributed by atoms with E-state index in [0.29, 0.717) is 12.3 Å². The number of carbonyl (C=O) groups is 2. The van der Waals surface area contributed by atoms with Gasteiger partial charge in [-0.25, -0.2) is 0 Å². The summed E-state index contributed by atoms with van der Waals surface area (Å²) in [5.41, 5.74) is 0. The van der Waals surface area contributed by atoms with Crippen molar-refractivity contribution in [2.24, 2.45) is 11.8 Å². The van der Waals surface area contributed by atoms with E-state index in [4.69, 9.17) is 0 Å². The SMILES string of the molecule is CCCCCC(C)C(=O)NC(CCCCC)C(=O)CC(C)C. The van der Waals surface area contributed by atoms with E-state index in [9.17, 15) is 9.59 Å². The average molecular weight is 312 g/mol. The second kappa shape index (κ2) is 12.7. The Morgan fingerprint density at radius 1 is 0.864 bits per heavy atom. The Bertz CT molecular complexity index is 313. The monoisotopic (exact) mass is 311 g/mol. The highest BCUT2D eigenvalue weighted by molar-refractivity contribution is 5.89. The molecule has 1 amide bonds. The molecule has 0 aromatic carbocycles. The van der Waals surface area contributed by atoms with Crippen LogP contribution in [0.4, 0.5) is 0 Å². The number of nitrogens with one attached hydrogen (secondary N) is 1. The van der Waals surface area contributed by atoms with E-state index in [1.54, 1.807) is 0 Å². The van der Waals surface area contributed by atoms with E-state index in [0.717, 1.165) is 38.5 Å². The van der Waals surface area contributed by atoms with Gasteiger partial charge in [0.15, 0.2) is 5.78 Å². The summed E-state index contributed by atoms with van der Waals surface area (Å²) < 4.78 is 0. The predicted molar refractivity (Wildman–Crippen MR) is 93.8 cm³/mol. The van der Waals surface area contributed by atoms with Crippen molar-refractivity contribution in [3.8, 4) is 0 Å². The Morgan fingerprint density at radius 2 is 1.41 bits per heavy atom. The first-order chi connectivity index (χ1) is 10.4. The maximum absolute atomic E-state index is 12.4. The van der Waals surface area contributed by atoms with Gasteiger partial charge in [-0.15, -0.1) is 0 Å². The van der Waals surface area contributed by atoms with Crippen LogP contribution >= 0.6 is 0 Å². The molecule has 0 rings (SSSR count). The van der Waals surface area contributed by atoms with Gasteiger partial charge in [0, 0.05) is 12.3 Å². The molecule has 1 N–H and O–H groups in total. The van der Waals surface area contributed by atoms with Gasteiger partial charge in [0.1, 0.15) is 0 Å². The van der Waals surface area contributed by atoms with Crippen molar-refractivity contribution in [2.75, 3.05) is 0 Å². The van der Waals surface area contributed by atoms with Gasteiger partial charge in [-0.2, -0.15) is 0 Å². The van der Waals surface area contributed by atoms with Gasteiger partial charge >= 0.3 is 0 Å². The van der Waals surface area contributed by atoms with E-state index in [-0.39, 0.29) is 23.7 Å². The summed E-state index contributed by atoms with van der Waals surface area (Å²) in [5, 5.41) is 3.02. The molecule has 0 saturated heterocycles. The number of rotatable bonds is 13. The summed E-state index contributed by atoms with van der Waals surface area (Å²) in [5.74, 6) is 0.599. The fourth-order valence-corrected chi connectivity index (χ4v) is 2.60. The van der Waals surface area contributed by atoms with Crippen molar-refractivity contribution in [1.82, 2.24) is 5.32 Å². The minimum Gasteiger partial charge on any atom is -0.346 e. The Labute approximate surface area is 137 Å². The fraction of sp³-hybridized carbons (Fsp3) is 0.895. The van der Waals surface area contributed by atoms with Gasteiger partial charge in [-0.05, 0) is 18.8 Å². The van der Waals surface area contributed by atoms with Crippen LogP contribution in [0.15, 0.2) is 0 Å². The largest absolute Gasteiger partial charge is 0.346 e. The van der Waals surface area contributed by atoms with Crippen molar-refractivity contribution in [3.05, 3.63) is 0 Å². The topological polar surface area (TPSA) is 46.2 Å². The third-order valence-corrected chi connectivity index (χ3v) is 4.10. The normalized spacial score (nSPS) is 13.9. The molecule has 22 heavy (non-hydrogen) atoms. The van der Waals surface area contributed by atoms with E-state index >= 15 is 0 Å². The zero-order chi connectivity index (χ0) is 17.0. The minimum absolute atomic E-state index is 0.00655. The Morgan fingerprint density at radius 3 is 1.91 bits per heavy atom. The van der Waals surface area contributed by atoms with Crippen LogP contribution in [-0.4, -0.2) is 17.7 Å². The fourth-order valence-electron chi connectivity index (χ4n) is 2.60. The Balaban J connectivity index is 4.46. The zero-order valence-corrected chi connectivity index (χ0v) is 15.4. The van der Waals surface area contributed by atoms with Crippen LogP contribution in [0.3, 0.4) is 0 Å². The lowest BCUT2D eigenvalue weighted by Crippen LogP contribution is -2.43. The highest BCUT2D eigenvalue weighted by Gasteiger charge is 2.23. The van der Waals surface area contributed by atoms with Gasteiger partial charge in [0.2, 0.25) is 5.91 Å². The van der Waals surface area contributed by atoms with Crippen LogP contribution in [0.2, 0.25) is 0 Å². The van der Waals surface area contributed by atoms with Crippen molar-refractivity contribution >= 4 is 11.7 Å². The first-order valence-corrected chi connectivity index (χ1v) is 9.25. The summed E-state index contributed by atoms with van der Waals surface area (Å²) in [6, 6.07) is -0.282. The molecule has 0 spiro atoms. The van der Waals surface area contributed by atoms with Crippen molar-refractivity contribution in [3.63, 3.8) is 0 Å². The molecule has 0 heterocycles. The summed E-state index contributed by atoms with van der Waals surface area (Å²) >= 11 is 0. The molecular weight excluding hydrogens is 274 g/mol. The first kappa shape index (κ1) is 21.1. The van der Waals surface area contributed by atoms with Crippen LogP contribution in [0.1, 0.15) is 92.4 Å².